The molecule has 5 heteroatoms. The van der Waals surface area contributed by atoms with Crippen molar-refractivity contribution >= 4 is 38.2 Å². The predicted molar refractivity (Wildman–Crippen MR) is 99.4 cm³/mol. The molecule has 0 atom stereocenters. The molecule has 0 bridgehead atoms. The lowest BCUT2D eigenvalue weighted by Crippen LogP contribution is -1.83. The van der Waals surface area contributed by atoms with E-state index in [4.69, 9.17) is 0 Å². The zero-order valence-electron chi connectivity index (χ0n) is 12.3. The number of aromatic amines is 1. The Hall–Kier alpha value is -2.42. The molecule has 0 saturated heterocycles. The minimum atomic E-state index is -0.294. The minimum absolute atomic E-state index is 0.294. The SMILES string of the molecule is N#Cc1sccc1-c1c(-c2cccc(Br)c2)[nH]c2ccc(F)cc12. The zero-order chi connectivity index (χ0) is 16.7. The topological polar surface area (TPSA) is 39.6 Å². The number of thiophene rings is 1. The lowest BCUT2D eigenvalue weighted by atomic mass is 9.99. The number of aromatic nitrogens is 1. The van der Waals surface area contributed by atoms with Crippen molar-refractivity contribution in [3.8, 4) is 28.5 Å². The molecule has 1 N–H and O–H groups in total. The van der Waals surface area contributed by atoms with E-state index in [2.05, 4.69) is 27.0 Å². The smallest absolute Gasteiger partial charge is 0.123 e. The molecule has 0 fully saturated rings. The summed E-state index contributed by atoms with van der Waals surface area (Å²) in [5.74, 6) is -0.294. The monoisotopic (exact) mass is 396 g/mol. The van der Waals surface area contributed by atoms with Crippen molar-refractivity contribution in [2.75, 3.05) is 0 Å². The Labute approximate surface area is 150 Å². The van der Waals surface area contributed by atoms with Crippen LogP contribution < -0.4 is 0 Å². The average molecular weight is 397 g/mol. The summed E-state index contributed by atoms with van der Waals surface area (Å²) in [6.07, 6.45) is 0. The van der Waals surface area contributed by atoms with Crippen LogP contribution >= 0.6 is 27.3 Å². The lowest BCUT2D eigenvalue weighted by molar-refractivity contribution is 0.630. The van der Waals surface area contributed by atoms with Gasteiger partial charge in [-0.1, -0.05) is 28.1 Å². The second-order valence-corrected chi connectivity index (χ2v) is 7.18. The maximum Gasteiger partial charge on any atom is 0.123 e. The summed E-state index contributed by atoms with van der Waals surface area (Å²) in [6, 6.07) is 16.7. The molecule has 0 aliphatic heterocycles. The van der Waals surface area contributed by atoms with E-state index < -0.39 is 0 Å². The number of rotatable bonds is 2. The fraction of sp³-hybridized carbons (Fsp3) is 0. The van der Waals surface area contributed by atoms with Crippen LogP contribution in [0.2, 0.25) is 0 Å². The summed E-state index contributed by atoms with van der Waals surface area (Å²) in [5.41, 5.74) is 4.39. The van der Waals surface area contributed by atoms with E-state index in [0.717, 1.165) is 37.8 Å². The number of nitrogens with one attached hydrogen (secondary N) is 1. The Morgan fingerprint density at radius 2 is 2.00 bits per heavy atom. The first-order chi connectivity index (χ1) is 11.7. The van der Waals surface area contributed by atoms with Crippen LogP contribution in [0.25, 0.3) is 33.3 Å². The van der Waals surface area contributed by atoms with Crippen LogP contribution in [0.15, 0.2) is 58.4 Å². The fourth-order valence-corrected chi connectivity index (χ4v) is 3.99. The van der Waals surface area contributed by atoms with Crippen LogP contribution in [0.1, 0.15) is 4.88 Å². The molecule has 2 heterocycles. The molecule has 0 aliphatic carbocycles. The molecule has 0 radical (unpaired) electrons. The fourth-order valence-electron chi connectivity index (χ4n) is 2.90. The molecule has 24 heavy (non-hydrogen) atoms. The van der Waals surface area contributed by atoms with Gasteiger partial charge in [0.2, 0.25) is 0 Å². The van der Waals surface area contributed by atoms with E-state index in [1.54, 1.807) is 6.07 Å². The summed E-state index contributed by atoms with van der Waals surface area (Å²) >= 11 is 4.88. The van der Waals surface area contributed by atoms with Crippen molar-refractivity contribution in [3.63, 3.8) is 0 Å². The Morgan fingerprint density at radius 3 is 2.79 bits per heavy atom. The van der Waals surface area contributed by atoms with Crippen molar-refractivity contribution in [2.24, 2.45) is 0 Å². The van der Waals surface area contributed by atoms with Gasteiger partial charge in [0.15, 0.2) is 0 Å². The number of hydrogen-bond donors (Lipinski definition) is 1. The Balaban J connectivity index is 2.11. The molecular weight excluding hydrogens is 387 g/mol. The minimum Gasteiger partial charge on any atom is -0.354 e. The van der Waals surface area contributed by atoms with Crippen molar-refractivity contribution in [1.29, 1.82) is 5.26 Å². The maximum absolute atomic E-state index is 13.8. The van der Waals surface area contributed by atoms with Gasteiger partial charge in [0.05, 0.1) is 5.69 Å². The van der Waals surface area contributed by atoms with Crippen LogP contribution in [-0.2, 0) is 0 Å². The number of fused-ring (bicyclic) bond motifs is 1. The molecular formula is C19H10BrFN2S. The van der Waals surface area contributed by atoms with Crippen LogP contribution in [0.4, 0.5) is 4.39 Å². The first kappa shape index (κ1) is 15.1. The number of hydrogen-bond acceptors (Lipinski definition) is 2. The second-order valence-electron chi connectivity index (χ2n) is 5.35. The molecule has 2 nitrogen and oxygen atoms in total. The number of H-pyrrole nitrogens is 1. The van der Waals surface area contributed by atoms with Crippen LogP contribution in [0.3, 0.4) is 0 Å². The van der Waals surface area contributed by atoms with Crippen LogP contribution in [0.5, 0.6) is 0 Å². The van der Waals surface area contributed by atoms with Crippen molar-refractivity contribution in [3.05, 3.63) is 69.1 Å². The van der Waals surface area contributed by atoms with Crippen molar-refractivity contribution < 1.29 is 4.39 Å². The third kappa shape index (κ3) is 2.44. The summed E-state index contributed by atoms with van der Waals surface area (Å²) < 4.78 is 14.8. The molecule has 2 aromatic heterocycles. The molecule has 2 aromatic carbocycles. The highest BCUT2D eigenvalue weighted by Gasteiger charge is 2.19. The highest BCUT2D eigenvalue weighted by atomic mass is 79.9. The first-order valence-electron chi connectivity index (χ1n) is 7.22. The van der Waals surface area contributed by atoms with Gasteiger partial charge in [-0.25, -0.2) is 4.39 Å². The molecule has 116 valence electrons. The number of nitrogens with zero attached hydrogens (tertiary/aromatic N) is 1. The Kier molecular flexibility index (Phi) is 3.72. The van der Waals surface area contributed by atoms with Gasteiger partial charge in [-0.3, -0.25) is 0 Å². The third-order valence-electron chi connectivity index (χ3n) is 3.91. The zero-order valence-corrected chi connectivity index (χ0v) is 14.7. The highest BCUT2D eigenvalue weighted by Crippen LogP contribution is 2.41. The van der Waals surface area contributed by atoms with Gasteiger partial charge in [0, 0.05) is 26.5 Å². The standard InChI is InChI=1S/C19H10BrFN2S/c20-12-3-1-2-11(8-12)19-18(14-6-7-24-17(14)10-22)15-9-13(21)4-5-16(15)23-19/h1-9,23H. The third-order valence-corrected chi connectivity index (χ3v) is 5.22. The van der Waals surface area contributed by atoms with E-state index in [9.17, 15) is 9.65 Å². The number of halogens is 2. The van der Waals surface area contributed by atoms with Gasteiger partial charge in [0.1, 0.15) is 16.8 Å². The Bertz CT molecular complexity index is 1100. The van der Waals surface area contributed by atoms with Crippen LogP contribution in [0, 0.1) is 17.1 Å². The Morgan fingerprint density at radius 1 is 1.12 bits per heavy atom. The van der Waals surface area contributed by atoms with Crippen molar-refractivity contribution in [1.82, 2.24) is 4.98 Å². The molecule has 4 rings (SSSR count). The lowest BCUT2D eigenvalue weighted by Gasteiger charge is -2.05. The normalized spacial score (nSPS) is 10.9. The summed E-state index contributed by atoms with van der Waals surface area (Å²) in [5, 5.41) is 12.1. The van der Waals surface area contributed by atoms with E-state index in [-0.39, 0.29) is 5.82 Å². The molecule has 0 unspecified atom stereocenters. The van der Waals surface area contributed by atoms with Gasteiger partial charge >= 0.3 is 0 Å². The molecule has 0 aliphatic rings. The largest absolute Gasteiger partial charge is 0.354 e. The second kappa shape index (κ2) is 5.90. The van der Waals surface area contributed by atoms with Gasteiger partial charge < -0.3 is 4.98 Å². The molecule has 0 amide bonds. The summed E-state index contributed by atoms with van der Waals surface area (Å²) in [7, 11) is 0. The number of benzene rings is 2. The van der Waals surface area contributed by atoms with E-state index >= 15 is 0 Å². The number of nitriles is 1. The van der Waals surface area contributed by atoms with E-state index in [1.165, 1.54) is 23.5 Å². The van der Waals surface area contributed by atoms with Gasteiger partial charge in [-0.05, 0) is 47.3 Å². The quantitative estimate of drug-likeness (QED) is 0.421. The molecule has 0 spiro atoms. The highest BCUT2D eigenvalue weighted by molar-refractivity contribution is 9.10. The molecule has 4 aromatic rings. The van der Waals surface area contributed by atoms with Gasteiger partial charge in [-0.2, -0.15) is 5.26 Å². The maximum atomic E-state index is 13.8. The van der Waals surface area contributed by atoms with Crippen LogP contribution in [-0.4, -0.2) is 4.98 Å². The first-order valence-corrected chi connectivity index (χ1v) is 8.90. The summed E-state index contributed by atoms with van der Waals surface area (Å²) in [6.45, 7) is 0. The summed E-state index contributed by atoms with van der Waals surface area (Å²) in [4.78, 5) is 4.00. The molecule has 0 saturated carbocycles. The van der Waals surface area contributed by atoms with Crippen molar-refractivity contribution in [2.45, 2.75) is 0 Å². The predicted octanol–water partition coefficient (Wildman–Crippen LogP) is 6.34. The van der Waals surface area contributed by atoms with Gasteiger partial charge in [-0.15, -0.1) is 11.3 Å². The van der Waals surface area contributed by atoms with E-state index in [0.29, 0.717) is 4.88 Å². The average Bonchev–Trinajstić information content (AvgIpc) is 3.17. The van der Waals surface area contributed by atoms with E-state index in [1.807, 2.05) is 35.7 Å². The van der Waals surface area contributed by atoms with Gasteiger partial charge in [0.25, 0.3) is 0 Å².